The first-order chi connectivity index (χ1) is 15.0. The molecule has 0 saturated heterocycles. The molecule has 3 atom stereocenters. The largest absolute Gasteiger partial charge is 0.487 e. The van der Waals surface area contributed by atoms with E-state index >= 15 is 0 Å². The molecule has 1 aromatic rings. The molecule has 0 radical (unpaired) electrons. The molecule has 2 aliphatic heterocycles. The number of rotatable bonds is 5. The topological polar surface area (TPSA) is 44.8 Å². The van der Waals surface area contributed by atoms with Crippen LogP contribution >= 0.6 is 0 Å². The maximum absolute atomic E-state index is 13.4. The molecule has 1 aromatic carbocycles. The number of aryl methyl sites for hydroxylation is 1. The van der Waals surface area contributed by atoms with Gasteiger partial charge in [-0.05, 0) is 78.0 Å². The van der Waals surface area contributed by atoms with Crippen molar-refractivity contribution in [2.75, 3.05) is 0 Å². The number of fused-ring (bicyclic) bond motifs is 5. The summed E-state index contributed by atoms with van der Waals surface area (Å²) >= 11 is 0. The Hall–Kier alpha value is -2.23. The highest BCUT2D eigenvalue weighted by Gasteiger charge is 2.49. The van der Waals surface area contributed by atoms with Gasteiger partial charge >= 0.3 is 5.97 Å². The van der Waals surface area contributed by atoms with E-state index in [2.05, 4.69) is 39.8 Å². The van der Waals surface area contributed by atoms with Crippen molar-refractivity contribution in [2.24, 2.45) is 5.92 Å². The number of carbonyl (C=O) groups is 1. The smallest absolute Gasteiger partial charge is 0.345 e. The van der Waals surface area contributed by atoms with Gasteiger partial charge in [0.25, 0.3) is 5.79 Å². The second-order valence-corrected chi connectivity index (χ2v) is 10.7. The molecular weight excluding hydrogens is 400 g/mol. The summed E-state index contributed by atoms with van der Waals surface area (Å²) in [4.78, 5) is 13.4. The summed E-state index contributed by atoms with van der Waals surface area (Å²) in [5, 5.41) is 0. The first-order valence-corrected chi connectivity index (χ1v) is 12.2. The van der Waals surface area contributed by atoms with E-state index in [0.29, 0.717) is 17.2 Å². The molecule has 0 spiro atoms. The fraction of sp³-hybridized carbons (Fsp3) is 0.607. The minimum atomic E-state index is -1.12. The van der Waals surface area contributed by atoms with Crippen LogP contribution in [-0.2, 0) is 11.2 Å². The van der Waals surface area contributed by atoms with Crippen LogP contribution < -0.4 is 9.47 Å². The molecule has 4 nitrogen and oxygen atoms in total. The molecule has 1 aliphatic carbocycles. The molecule has 4 heteroatoms. The van der Waals surface area contributed by atoms with E-state index in [4.69, 9.17) is 14.2 Å². The number of cyclic esters (lactones) is 1. The molecule has 0 fully saturated rings. The first kappa shape index (κ1) is 22.9. The highest BCUT2D eigenvalue weighted by Crippen LogP contribution is 2.56. The van der Waals surface area contributed by atoms with Crippen LogP contribution in [0.4, 0.5) is 0 Å². The third-order valence-electron chi connectivity index (χ3n) is 7.11. The first-order valence-electron chi connectivity index (χ1n) is 12.2. The molecule has 0 bridgehead atoms. The van der Waals surface area contributed by atoms with Gasteiger partial charge in [0.15, 0.2) is 0 Å². The quantitative estimate of drug-likeness (QED) is 0.276. The van der Waals surface area contributed by atoms with Gasteiger partial charge in [-0.25, -0.2) is 4.79 Å². The fourth-order valence-corrected chi connectivity index (χ4v) is 5.73. The van der Waals surface area contributed by atoms with Gasteiger partial charge in [0, 0.05) is 24.3 Å². The monoisotopic (exact) mass is 438 g/mol. The Labute approximate surface area is 193 Å². The van der Waals surface area contributed by atoms with Crippen molar-refractivity contribution in [3.05, 3.63) is 46.1 Å². The molecule has 0 saturated carbocycles. The summed E-state index contributed by atoms with van der Waals surface area (Å²) < 4.78 is 19.1. The zero-order chi connectivity index (χ0) is 23.3. The minimum absolute atomic E-state index is 0.169. The molecule has 0 amide bonds. The van der Waals surface area contributed by atoms with Gasteiger partial charge in [0.05, 0.1) is 0 Å². The molecule has 3 unspecified atom stereocenters. The van der Waals surface area contributed by atoms with E-state index in [9.17, 15) is 4.79 Å². The Morgan fingerprint density at radius 1 is 1.16 bits per heavy atom. The van der Waals surface area contributed by atoms with Crippen LogP contribution in [0.2, 0.25) is 0 Å². The highest BCUT2D eigenvalue weighted by atomic mass is 16.7. The number of benzene rings is 1. The van der Waals surface area contributed by atoms with Gasteiger partial charge in [0.2, 0.25) is 0 Å². The van der Waals surface area contributed by atoms with Crippen LogP contribution in [0.1, 0.15) is 108 Å². The van der Waals surface area contributed by atoms with E-state index < -0.39 is 5.79 Å². The highest BCUT2D eigenvalue weighted by molar-refractivity contribution is 5.97. The normalized spacial score (nSPS) is 27.6. The van der Waals surface area contributed by atoms with E-state index in [1.807, 2.05) is 26.8 Å². The van der Waals surface area contributed by atoms with Crippen molar-refractivity contribution in [1.29, 1.82) is 0 Å². The van der Waals surface area contributed by atoms with Crippen LogP contribution in [0.25, 0.3) is 0 Å². The molecule has 2 heterocycles. The maximum Gasteiger partial charge on any atom is 0.345 e. The van der Waals surface area contributed by atoms with Crippen molar-refractivity contribution in [3.63, 3.8) is 0 Å². The van der Waals surface area contributed by atoms with Gasteiger partial charge in [0.1, 0.15) is 22.7 Å². The van der Waals surface area contributed by atoms with Crippen LogP contribution in [0.3, 0.4) is 0 Å². The van der Waals surface area contributed by atoms with Crippen LogP contribution in [-0.4, -0.2) is 17.4 Å². The van der Waals surface area contributed by atoms with Crippen molar-refractivity contribution >= 4 is 5.97 Å². The summed E-state index contributed by atoms with van der Waals surface area (Å²) in [7, 11) is 0. The maximum atomic E-state index is 13.4. The number of hydrogen-bond acceptors (Lipinski definition) is 4. The summed E-state index contributed by atoms with van der Waals surface area (Å²) in [5.41, 5.74) is 4.75. The van der Waals surface area contributed by atoms with Gasteiger partial charge in [-0.2, -0.15) is 0 Å². The van der Waals surface area contributed by atoms with E-state index in [1.165, 1.54) is 5.57 Å². The molecule has 3 aliphatic rings. The summed E-state index contributed by atoms with van der Waals surface area (Å²) in [6.45, 7) is 14.6. The van der Waals surface area contributed by atoms with Crippen molar-refractivity contribution < 1.29 is 19.0 Å². The van der Waals surface area contributed by atoms with E-state index in [0.717, 1.165) is 61.0 Å². The van der Waals surface area contributed by atoms with Gasteiger partial charge in [-0.15, -0.1) is 0 Å². The molecule has 174 valence electrons. The fourth-order valence-electron chi connectivity index (χ4n) is 5.73. The lowest BCUT2D eigenvalue weighted by Crippen LogP contribution is -2.47. The summed E-state index contributed by atoms with van der Waals surface area (Å²) in [6.07, 6.45) is 10.5. The lowest BCUT2D eigenvalue weighted by atomic mass is 9.67. The third-order valence-corrected chi connectivity index (χ3v) is 7.11. The van der Waals surface area contributed by atoms with Gasteiger partial charge in [-0.3, -0.25) is 0 Å². The summed E-state index contributed by atoms with van der Waals surface area (Å²) in [5.74, 6) is 0.629. The van der Waals surface area contributed by atoms with E-state index in [-0.39, 0.29) is 17.5 Å². The minimum Gasteiger partial charge on any atom is -0.487 e. The number of carbonyl (C=O) groups excluding carboxylic acids is 1. The molecule has 32 heavy (non-hydrogen) atoms. The van der Waals surface area contributed by atoms with Crippen molar-refractivity contribution in [2.45, 2.75) is 104 Å². The standard InChI is InChI=1S/C28H38O4/c1-8-9-10-11-19-15-22-24(20-14-18(4)12-13-21(20)27(5,6)30-22)25-23(19)26(29)32-28(7,31-25)16-17(2)3/h14-16,20-21H,8-13H2,1-7H3. The third kappa shape index (κ3) is 4.09. The average molecular weight is 439 g/mol. The van der Waals surface area contributed by atoms with Crippen molar-refractivity contribution in [3.8, 4) is 11.5 Å². The Kier molecular flexibility index (Phi) is 5.94. The SMILES string of the molecule is CCCCCc1cc2c(c3c1C(=O)OC(C)(C=C(C)C)O3)C1C=C(C)CCC1C(C)(C)O2. The second-order valence-electron chi connectivity index (χ2n) is 10.7. The number of ether oxygens (including phenoxy) is 3. The Balaban J connectivity index is 1.93. The number of unbranched alkanes of at least 4 members (excludes halogenated alkanes) is 2. The van der Waals surface area contributed by atoms with Gasteiger partial charge in [-0.1, -0.05) is 37.0 Å². The van der Waals surface area contributed by atoms with Crippen LogP contribution in [0, 0.1) is 5.92 Å². The summed E-state index contributed by atoms with van der Waals surface area (Å²) in [6, 6.07) is 2.09. The Morgan fingerprint density at radius 2 is 1.91 bits per heavy atom. The van der Waals surface area contributed by atoms with Crippen molar-refractivity contribution in [1.82, 2.24) is 0 Å². The zero-order valence-corrected chi connectivity index (χ0v) is 20.8. The molecule has 0 aromatic heterocycles. The lowest BCUT2D eigenvalue weighted by Gasteiger charge is -2.48. The zero-order valence-electron chi connectivity index (χ0n) is 20.8. The predicted octanol–water partition coefficient (Wildman–Crippen LogP) is 7.26. The van der Waals surface area contributed by atoms with Crippen LogP contribution in [0.15, 0.2) is 29.4 Å². The van der Waals surface area contributed by atoms with E-state index in [1.54, 1.807) is 0 Å². The van der Waals surface area contributed by atoms with Gasteiger partial charge < -0.3 is 14.2 Å². The predicted molar refractivity (Wildman–Crippen MR) is 127 cm³/mol. The number of esters is 1. The molecule has 4 rings (SSSR count). The molecular formula is C28H38O4. The Bertz CT molecular complexity index is 980. The average Bonchev–Trinajstić information content (AvgIpc) is 2.65. The number of allylic oxidation sites excluding steroid dienone is 3. The Morgan fingerprint density at radius 3 is 2.59 bits per heavy atom. The lowest BCUT2D eigenvalue weighted by molar-refractivity contribution is -0.108. The second kappa shape index (κ2) is 8.28. The van der Waals surface area contributed by atoms with Crippen LogP contribution in [0.5, 0.6) is 11.5 Å². The molecule has 0 N–H and O–H groups in total. The number of hydrogen-bond donors (Lipinski definition) is 0.